The number of nitrogens with zero attached hydrogens (tertiary/aromatic N) is 3. The number of thiophene rings is 1. The summed E-state index contributed by atoms with van der Waals surface area (Å²) >= 11 is 3.44. The van der Waals surface area contributed by atoms with E-state index < -0.39 is 0 Å². The van der Waals surface area contributed by atoms with Crippen LogP contribution in [0.4, 0.5) is 11.8 Å². The summed E-state index contributed by atoms with van der Waals surface area (Å²) < 4.78 is 1.19. The molecule has 1 aliphatic carbocycles. The summed E-state index contributed by atoms with van der Waals surface area (Å²) in [6.07, 6.45) is 4.95. The highest BCUT2D eigenvalue weighted by atomic mass is 32.1. The molecule has 3 aromatic heterocycles. The molecule has 1 aliphatic rings. The third kappa shape index (κ3) is 6.26. The Morgan fingerprint density at radius 2 is 1.73 bits per heavy atom. The molecule has 4 N–H and O–H groups in total. The van der Waals surface area contributed by atoms with Gasteiger partial charge in [0.15, 0.2) is 0 Å². The van der Waals surface area contributed by atoms with Crippen molar-refractivity contribution in [2.45, 2.75) is 45.2 Å². The minimum atomic E-state index is 0.475. The average Bonchev–Trinajstić information content (AvgIpc) is 3.62. The molecule has 5 rings (SSSR count). The minimum Gasteiger partial charge on any atom is -0.400 e. The minimum absolute atomic E-state index is 0.475. The second-order valence-corrected chi connectivity index (χ2v) is 9.46. The van der Waals surface area contributed by atoms with Crippen molar-refractivity contribution in [3.05, 3.63) is 52.3 Å². The summed E-state index contributed by atoms with van der Waals surface area (Å²) in [5.74, 6) is 1.57. The van der Waals surface area contributed by atoms with Crippen LogP contribution in [0, 0.1) is 6.92 Å². The number of para-hydroxylation sites is 1. The standard InChI is InChI=1S/C22H23N5S2.2CH4O/c1-14-19(21-26-17-10-4-5-11-18(17)29-21)20(25-15-7-2-3-8-15)27-22(24-14)23-13-16-9-6-12-28-16;2*1-2/h4-6,9-12,15H,2-3,7-8,13H2,1H3,(H2,23,24,25,27);2*2H,1H3. The van der Waals surface area contributed by atoms with E-state index in [1.807, 2.05) is 6.07 Å². The van der Waals surface area contributed by atoms with Gasteiger partial charge in [-0.2, -0.15) is 4.98 Å². The smallest absolute Gasteiger partial charge is 0.225 e. The molecule has 9 heteroatoms. The van der Waals surface area contributed by atoms with E-state index in [0.717, 1.165) is 48.4 Å². The van der Waals surface area contributed by atoms with Gasteiger partial charge in [-0.1, -0.05) is 31.0 Å². The lowest BCUT2D eigenvalue weighted by molar-refractivity contribution is 0.399. The second kappa shape index (κ2) is 12.6. The summed E-state index contributed by atoms with van der Waals surface area (Å²) in [6.45, 7) is 2.79. The average molecular weight is 486 g/mol. The normalized spacial score (nSPS) is 13.1. The molecule has 1 saturated carbocycles. The molecule has 4 aromatic rings. The van der Waals surface area contributed by atoms with Crippen molar-refractivity contribution in [2.75, 3.05) is 24.9 Å². The first-order valence-corrected chi connectivity index (χ1v) is 12.6. The molecule has 1 fully saturated rings. The van der Waals surface area contributed by atoms with Crippen LogP contribution < -0.4 is 10.6 Å². The van der Waals surface area contributed by atoms with Gasteiger partial charge in [-0.15, -0.1) is 22.7 Å². The number of aliphatic hydroxyl groups excluding tert-OH is 2. The van der Waals surface area contributed by atoms with Gasteiger partial charge in [-0.05, 0) is 43.3 Å². The van der Waals surface area contributed by atoms with Gasteiger partial charge < -0.3 is 20.8 Å². The Hall–Kier alpha value is -2.59. The van der Waals surface area contributed by atoms with Gasteiger partial charge in [0.1, 0.15) is 10.8 Å². The van der Waals surface area contributed by atoms with Crippen LogP contribution >= 0.6 is 22.7 Å². The van der Waals surface area contributed by atoms with Crippen LogP contribution in [0.2, 0.25) is 0 Å². The maximum atomic E-state index is 7.00. The number of anilines is 2. The summed E-state index contributed by atoms with van der Waals surface area (Å²) in [6, 6.07) is 12.9. The molecule has 0 atom stereocenters. The molecule has 0 bridgehead atoms. The van der Waals surface area contributed by atoms with E-state index in [1.165, 1.54) is 35.3 Å². The topological polar surface area (TPSA) is 103 Å². The van der Waals surface area contributed by atoms with Crippen LogP contribution in [0.5, 0.6) is 0 Å². The molecular weight excluding hydrogens is 454 g/mol. The summed E-state index contributed by atoms with van der Waals surface area (Å²) in [4.78, 5) is 15.8. The Balaban J connectivity index is 0.000000728. The Kier molecular flexibility index (Phi) is 9.56. The molecule has 33 heavy (non-hydrogen) atoms. The van der Waals surface area contributed by atoms with Crippen molar-refractivity contribution in [1.29, 1.82) is 0 Å². The van der Waals surface area contributed by atoms with Crippen molar-refractivity contribution >= 4 is 44.7 Å². The number of hydrogen-bond donors (Lipinski definition) is 4. The summed E-state index contributed by atoms with van der Waals surface area (Å²) in [5, 5.41) is 24.2. The summed E-state index contributed by atoms with van der Waals surface area (Å²) in [7, 11) is 2.00. The Labute approximate surface area is 202 Å². The first-order chi connectivity index (χ1) is 16.3. The van der Waals surface area contributed by atoms with Gasteiger partial charge in [-0.3, -0.25) is 0 Å². The van der Waals surface area contributed by atoms with Crippen LogP contribution in [0.25, 0.3) is 20.8 Å². The van der Waals surface area contributed by atoms with Gasteiger partial charge in [0.05, 0.1) is 28.0 Å². The number of aromatic nitrogens is 3. The predicted octanol–water partition coefficient (Wildman–Crippen LogP) is 5.31. The van der Waals surface area contributed by atoms with Gasteiger partial charge >= 0.3 is 0 Å². The molecule has 3 heterocycles. The van der Waals surface area contributed by atoms with E-state index in [0.29, 0.717) is 12.0 Å². The number of fused-ring (bicyclic) bond motifs is 1. The number of benzene rings is 1. The highest BCUT2D eigenvalue weighted by molar-refractivity contribution is 7.21. The second-order valence-electron chi connectivity index (χ2n) is 7.40. The Morgan fingerprint density at radius 3 is 2.42 bits per heavy atom. The van der Waals surface area contributed by atoms with Crippen molar-refractivity contribution < 1.29 is 10.2 Å². The lowest BCUT2D eigenvalue weighted by Crippen LogP contribution is -2.18. The fourth-order valence-corrected chi connectivity index (χ4v) is 5.54. The van der Waals surface area contributed by atoms with Gasteiger partial charge in [0, 0.05) is 25.1 Å². The maximum Gasteiger partial charge on any atom is 0.225 e. The maximum absolute atomic E-state index is 7.00. The molecule has 0 amide bonds. The van der Waals surface area contributed by atoms with E-state index in [-0.39, 0.29) is 0 Å². The SMILES string of the molecule is CO.CO.Cc1nc(NCc2cccs2)nc(NC2CCCC2)c1-c1nc2ccccc2s1. The molecule has 0 radical (unpaired) electrons. The van der Waals surface area contributed by atoms with Crippen LogP contribution in [0.15, 0.2) is 41.8 Å². The van der Waals surface area contributed by atoms with Crippen molar-refractivity contribution in [1.82, 2.24) is 15.0 Å². The largest absolute Gasteiger partial charge is 0.400 e. The quantitative estimate of drug-likeness (QED) is 0.294. The Bertz CT molecular complexity index is 1090. The monoisotopic (exact) mass is 485 g/mol. The number of aryl methyl sites for hydroxylation is 1. The molecule has 0 spiro atoms. The van der Waals surface area contributed by atoms with Gasteiger partial charge in [0.25, 0.3) is 0 Å². The zero-order chi connectivity index (χ0) is 23.6. The highest BCUT2D eigenvalue weighted by Crippen LogP contribution is 2.37. The zero-order valence-electron chi connectivity index (χ0n) is 19.2. The van der Waals surface area contributed by atoms with E-state index in [2.05, 4.69) is 53.3 Å². The number of hydrogen-bond acceptors (Lipinski definition) is 9. The third-order valence-corrected chi connectivity index (χ3v) is 7.22. The number of rotatable bonds is 6. The van der Waals surface area contributed by atoms with Crippen LogP contribution in [-0.2, 0) is 6.54 Å². The molecule has 0 unspecified atom stereocenters. The van der Waals surface area contributed by atoms with E-state index in [4.69, 9.17) is 25.2 Å². The van der Waals surface area contributed by atoms with Crippen molar-refractivity contribution in [2.24, 2.45) is 0 Å². The first kappa shape index (κ1) is 25.0. The third-order valence-electron chi connectivity index (χ3n) is 5.29. The van der Waals surface area contributed by atoms with Crippen LogP contribution in [0.1, 0.15) is 36.3 Å². The lowest BCUT2D eigenvalue weighted by Gasteiger charge is -2.18. The zero-order valence-corrected chi connectivity index (χ0v) is 20.8. The van der Waals surface area contributed by atoms with Crippen molar-refractivity contribution in [3.8, 4) is 10.6 Å². The van der Waals surface area contributed by atoms with Gasteiger partial charge in [0.2, 0.25) is 5.95 Å². The van der Waals surface area contributed by atoms with Gasteiger partial charge in [-0.25, -0.2) is 9.97 Å². The molecule has 0 aliphatic heterocycles. The first-order valence-electron chi connectivity index (χ1n) is 10.9. The number of aliphatic hydroxyl groups is 2. The highest BCUT2D eigenvalue weighted by Gasteiger charge is 2.22. The molecule has 1 aromatic carbocycles. The van der Waals surface area contributed by atoms with E-state index in [9.17, 15) is 0 Å². The van der Waals surface area contributed by atoms with E-state index in [1.54, 1.807) is 22.7 Å². The fourth-order valence-electron chi connectivity index (χ4n) is 3.83. The number of thiazole rings is 1. The Morgan fingerprint density at radius 1 is 0.970 bits per heavy atom. The molecule has 7 nitrogen and oxygen atoms in total. The summed E-state index contributed by atoms with van der Waals surface area (Å²) in [5.41, 5.74) is 3.01. The van der Waals surface area contributed by atoms with Crippen LogP contribution in [-0.4, -0.2) is 45.4 Å². The number of nitrogens with one attached hydrogen (secondary N) is 2. The molecular formula is C24H31N5O2S2. The van der Waals surface area contributed by atoms with E-state index >= 15 is 0 Å². The molecule has 0 saturated heterocycles. The van der Waals surface area contributed by atoms with Crippen LogP contribution in [0.3, 0.4) is 0 Å². The predicted molar refractivity (Wildman–Crippen MR) is 139 cm³/mol. The molecule has 176 valence electrons. The fraction of sp³-hybridized carbons (Fsp3) is 0.375. The van der Waals surface area contributed by atoms with Crippen molar-refractivity contribution in [3.63, 3.8) is 0 Å². The lowest BCUT2D eigenvalue weighted by atomic mass is 10.2.